The Kier molecular flexibility index (Phi) is 5.98. The molecule has 3 aromatic carbocycles. The fourth-order valence-corrected chi connectivity index (χ4v) is 5.80. The normalized spacial score (nSPS) is 16.0. The maximum absolute atomic E-state index is 13.6. The molecule has 0 saturated heterocycles. The van der Waals surface area contributed by atoms with Gasteiger partial charge in [0.05, 0.1) is 28.8 Å². The molecule has 6 nitrogen and oxygen atoms in total. The second-order valence-electron chi connectivity index (χ2n) is 7.88. The van der Waals surface area contributed by atoms with Gasteiger partial charge in [-0.15, -0.1) is 0 Å². The van der Waals surface area contributed by atoms with Crippen LogP contribution in [0.15, 0.2) is 94.9 Å². The molecular formula is C26H22ClN3O3S. The molecule has 0 N–H and O–H groups in total. The third-order valence-corrected chi connectivity index (χ3v) is 7.70. The van der Waals surface area contributed by atoms with Gasteiger partial charge >= 0.3 is 0 Å². The van der Waals surface area contributed by atoms with E-state index in [9.17, 15) is 8.42 Å². The Labute approximate surface area is 203 Å². The Bertz CT molecular complexity index is 1480. The summed E-state index contributed by atoms with van der Waals surface area (Å²) in [7, 11) is -3.93. The van der Waals surface area contributed by atoms with Crippen molar-refractivity contribution in [3.05, 3.63) is 101 Å². The molecule has 0 unspecified atom stereocenters. The zero-order chi connectivity index (χ0) is 23.7. The number of fused-ring (bicyclic) bond motifs is 1. The Morgan fingerprint density at radius 3 is 2.41 bits per heavy atom. The van der Waals surface area contributed by atoms with E-state index in [1.54, 1.807) is 30.3 Å². The zero-order valence-corrected chi connectivity index (χ0v) is 20.0. The van der Waals surface area contributed by atoms with Crippen molar-refractivity contribution in [3.63, 3.8) is 0 Å². The molecule has 0 aliphatic carbocycles. The molecule has 0 amide bonds. The quantitative estimate of drug-likeness (QED) is 0.318. The second-order valence-corrected chi connectivity index (χ2v) is 10.0. The van der Waals surface area contributed by atoms with E-state index in [1.165, 1.54) is 4.41 Å². The first kappa shape index (κ1) is 22.4. The van der Waals surface area contributed by atoms with Gasteiger partial charge in [0, 0.05) is 17.4 Å². The van der Waals surface area contributed by atoms with Crippen LogP contribution < -0.4 is 4.74 Å². The highest BCUT2D eigenvalue weighted by Crippen LogP contribution is 2.40. The molecule has 1 aromatic heterocycles. The number of aromatic nitrogens is 1. The number of benzene rings is 3. The molecule has 4 aromatic rings. The Morgan fingerprint density at radius 2 is 1.71 bits per heavy atom. The Hall–Kier alpha value is -3.42. The molecule has 0 radical (unpaired) electrons. The van der Waals surface area contributed by atoms with Crippen molar-refractivity contribution in [3.8, 4) is 5.75 Å². The number of rotatable bonds is 6. The number of halogens is 1. The lowest BCUT2D eigenvalue weighted by Crippen LogP contribution is -2.27. The lowest BCUT2D eigenvalue weighted by molar-refractivity contribution is 0.340. The van der Waals surface area contributed by atoms with Gasteiger partial charge in [-0.2, -0.15) is 17.9 Å². The van der Waals surface area contributed by atoms with Crippen molar-refractivity contribution in [2.75, 3.05) is 6.61 Å². The summed E-state index contributed by atoms with van der Waals surface area (Å²) >= 11 is 6.62. The molecule has 172 valence electrons. The van der Waals surface area contributed by atoms with Crippen LogP contribution >= 0.6 is 11.6 Å². The Morgan fingerprint density at radius 1 is 1.00 bits per heavy atom. The smallest absolute Gasteiger partial charge is 0.279 e. The van der Waals surface area contributed by atoms with Gasteiger partial charge in [0.1, 0.15) is 10.9 Å². The summed E-state index contributed by atoms with van der Waals surface area (Å²) < 4.78 is 34.1. The van der Waals surface area contributed by atoms with E-state index < -0.39 is 16.1 Å². The monoisotopic (exact) mass is 491 g/mol. The third-order valence-electron chi connectivity index (χ3n) is 5.70. The van der Waals surface area contributed by atoms with Gasteiger partial charge < -0.3 is 4.74 Å². The third kappa shape index (κ3) is 4.13. The summed E-state index contributed by atoms with van der Waals surface area (Å²) in [5, 5.41) is 5.65. The lowest BCUT2D eigenvalue weighted by Gasteiger charge is -2.24. The highest BCUT2D eigenvalue weighted by Gasteiger charge is 2.39. The van der Waals surface area contributed by atoms with Crippen LogP contribution in [0.3, 0.4) is 0 Å². The molecule has 0 fully saturated rings. The van der Waals surface area contributed by atoms with Crippen molar-refractivity contribution in [1.82, 2.24) is 9.40 Å². The van der Waals surface area contributed by atoms with Crippen molar-refractivity contribution in [1.29, 1.82) is 0 Å². The van der Waals surface area contributed by atoms with Crippen LogP contribution in [0.5, 0.6) is 5.75 Å². The number of hydrogen-bond donors (Lipinski definition) is 0. The van der Waals surface area contributed by atoms with Gasteiger partial charge in [-0.05, 0) is 48.9 Å². The molecule has 0 spiro atoms. The molecule has 1 atom stereocenters. The number of sulfonamides is 1. The first-order valence-corrected chi connectivity index (χ1v) is 12.7. The first-order valence-electron chi connectivity index (χ1n) is 10.9. The molecule has 1 aliphatic rings. The average molecular weight is 492 g/mol. The van der Waals surface area contributed by atoms with Gasteiger partial charge in [-0.1, -0.05) is 60.1 Å². The molecule has 0 bridgehead atoms. The summed E-state index contributed by atoms with van der Waals surface area (Å²) in [4.78, 5) is 4.71. The zero-order valence-electron chi connectivity index (χ0n) is 18.4. The van der Waals surface area contributed by atoms with Crippen LogP contribution in [-0.4, -0.2) is 30.1 Å². The number of hydrazone groups is 1. The summed E-state index contributed by atoms with van der Waals surface area (Å²) in [6, 6.07) is 24.7. The van der Waals surface area contributed by atoms with E-state index in [0.29, 0.717) is 35.6 Å². The predicted molar refractivity (Wildman–Crippen MR) is 134 cm³/mol. The summed E-state index contributed by atoms with van der Waals surface area (Å²) in [5.74, 6) is 0.714. The van der Waals surface area contributed by atoms with E-state index in [0.717, 1.165) is 10.9 Å². The van der Waals surface area contributed by atoms with Gasteiger partial charge in [0.2, 0.25) is 0 Å². The molecule has 34 heavy (non-hydrogen) atoms. The van der Waals surface area contributed by atoms with E-state index in [4.69, 9.17) is 16.3 Å². The minimum atomic E-state index is -3.93. The van der Waals surface area contributed by atoms with Crippen LogP contribution in [0.4, 0.5) is 0 Å². The number of hydrogen-bond acceptors (Lipinski definition) is 5. The van der Waals surface area contributed by atoms with Crippen molar-refractivity contribution < 1.29 is 13.2 Å². The minimum absolute atomic E-state index is 0.168. The Balaban J connectivity index is 1.64. The average Bonchev–Trinajstić information content (AvgIpc) is 3.31. The fraction of sp³-hybridized carbons (Fsp3) is 0.154. The summed E-state index contributed by atoms with van der Waals surface area (Å²) in [6.45, 7) is 2.46. The number of pyridine rings is 1. The van der Waals surface area contributed by atoms with E-state index >= 15 is 0 Å². The van der Waals surface area contributed by atoms with Crippen molar-refractivity contribution in [2.45, 2.75) is 24.3 Å². The lowest BCUT2D eigenvalue weighted by atomic mass is 9.99. The van der Waals surface area contributed by atoms with Gasteiger partial charge in [-0.25, -0.2) is 4.98 Å². The summed E-state index contributed by atoms with van der Waals surface area (Å²) in [5.41, 5.74) is 2.83. The molecule has 5 rings (SSSR count). The molecule has 8 heteroatoms. The van der Waals surface area contributed by atoms with Gasteiger partial charge in [0.15, 0.2) is 0 Å². The van der Waals surface area contributed by atoms with E-state index in [1.807, 2.05) is 61.5 Å². The number of nitrogens with zero attached hydrogens (tertiary/aromatic N) is 3. The van der Waals surface area contributed by atoms with Crippen LogP contribution in [-0.2, 0) is 10.0 Å². The molecule has 2 heterocycles. The minimum Gasteiger partial charge on any atom is -0.494 e. The SMILES string of the molecule is CCOc1ccc2nc(Cl)c([C@H]3CC(c4ccccc4)=NN3S(=O)(=O)c3ccccc3)cc2c1. The van der Waals surface area contributed by atoms with E-state index in [-0.39, 0.29) is 10.0 Å². The van der Waals surface area contributed by atoms with Crippen LogP contribution in [0.1, 0.15) is 30.5 Å². The van der Waals surface area contributed by atoms with E-state index in [2.05, 4.69) is 10.1 Å². The standard InChI is InChI=1S/C26H22ClN3O3S/c1-2-33-20-13-14-23-19(15-20)16-22(26(27)28-23)25-17-24(18-9-5-3-6-10-18)29-30(25)34(31,32)21-11-7-4-8-12-21/h3-16,25H,2,17H2,1H3/t25-/m1/s1. The molecule has 0 saturated carbocycles. The van der Waals surface area contributed by atoms with Crippen molar-refractivity contribution in [2.24, 2.45) is 5.10 Å². The maximum atomic E-state index is 13.6. The van der Waals surface area contributed by atoms with Gasteiger partial charge in [0.25, 0.3) is 10.0 Å². The maximum Gasteiger partial charge on any atom is 0.279 e. The first-order chi connectivity index (χ1) is 16.5. The van der Waals surface area contributed by atoms with Crippen LogP contribution in [0, 0.1) is 0 Å². The highest BCUT2D eigenvalue weighted by molar-refractivity contribution is 7.89. The largest absolute Gasteiger partial charge is 0.494 e. The molecule has 1 aliphatic heterocycles. The molecular weight excluding hydrogens is 470 g/mol. The summed E-state index contributed by atoms with van der Waals surface area (Å²) in [6.07, 6.45) is 0.369. The second kappa shape index (κ2) is 9.08. The van der Waals surface area contributed by atoms with Gasteiger partial charge in [-0.3, -0.25) is 0 Å². The van der Waals surface area contributed by atoms with Crippen molar-refractivity contribution >= 4 is 38.2 Å². The predicted octanol–water partition coefficient (Wildman–Crippen LogP) is 5.83. The topological polar surface area (TPSA) is 71.9 Å². The number of ether oxygens (including phenoxy) is 1. The highest BCUT2D eigenvalue weighted by atomic mass is 35.5. The van der Waals surface area contributed by atoms with Crippen LogP contribution in [0.2, 0.25) is 5.15 Å². The van der Waals surface area contributed by atoms with Crippen LogP contribution in [0.25, 0.3) is 10.9 Å². The fourth-order valence-electron chi connectivity index (χ4n) is 4.09.